The van der Waals surface area contributed by atoms with Gasteiger partial charge in [0.25, 0.3) is 0 Å². The molecule has 3 rings (SSSR count). The van der Waals surface area contributed by atoms with Gasteiger partial charge in [0.05, 0.1) is 0 Å². The Kier molecular flexibility index (Phi) is 3.45. The van der Waals surface area contributed by atoms with E-state index in [0.29, 0.717) is 21.7 Å². The number of allylic oxidation sites excluding steroid dienone is 1. The number of carbonyl (C=O) groups is 2. The normalized spacial score (nSPS) is 15.4. The molecule has 0 saturated carbocycles. The van der Waals surface area contributed by atoms with Crippen LogP contribution in [0, 0.1) is 0 Å². The van der Waals surface area contributed by atoms with Gasteiger partial charge in [-0.25, -0.2) is 0 Å². The Morgan fingerprint density at radius 2 is 1.52 bits per heavy atom. The molecule has 1 aliphatic carbocycles. The first kappa shape index (κ1) is 13.7. The van der Waals surface area contributed by atoms with E-state index < -0.39 is 6.10 Å². The van der Waals surface area contributed by atoms with E-state index in [2.05, 4.69) is 0 Å². The van der Waals surface area contributed by atoms with Crippen LogP contribution in [0.4, 0.5) is 0 Å². The molecule has 3 nitrogen and oxygen atoms in total. The molecule has 0 aliphatic heterocycles. The van der Waals surface area contributed by atoms with Gasteiger partial charge in [-0.2, -0.15) is 0 Å². The number of hydrogen-bond acceptors (Lipinski definition) is 3. The summed E-state index contributed by atoms with van der Waals surface area (Å²) >= 11 is 5.80. The lowest BCUT2D eigenvalue weighted by atomic mass is 9.85. The molecule has 2 aromatic rings. The number of halogens is 1. The second-order valence-corrected chi connectivity index (χ2v) is 5.23. The van der Waals surface area contributed by atoms with E-state index in [1.165, 1.54) is 6.08 Å². The molecule has 4 heteroatoms. The van der Waals surface area contributed by atoms with E-state index in [9.17, 15) is 14.7 Å². The molecular weight excluding hydrogens is 288 g/mol. The molecular formula is C17H11ClO3. The molecule has 0 aromatic heterocycles. The lowest BCUT2D eigenvalue weighted by Gasteiger charge is -2.19. The number of ketones is 2. The van der Waals surface area contributed by atoms with Crippen LogP contribution in [0.3, 0.4) is 0 Å². The van der Waals surface area contributed by atoms with Gasteiger partial charge in [-0.3, -0.25) is 9.59 Å². The second kappa shape index (κ2) is 5.28. The van der Waals surface area contributed by atoms with Crippen LogP contribution in [-0.4, -0.2) is 16.7 Å². The molecule has 0 saturated heterocycles. The minimum atomic E-state index is -1.15. The molecule has 104 valence electrons. The molecule has 2 aromatic carbocycles. The number of fused-ring (bicyclic) bond motifs is 1. The minimum Gasteiger partial charge on any atom is -0.384 e. The molecule has 0 spiro atoms. The van der Waals surface area contributed by atoms with Crippen molar-refractivity contribution in [3.8, 4) is 0 Å². The average Bonchev–Trinajstić information content (AvgIpc) is 2.51. The van der Waals surface area contributed by atoms with E-state index >= 15 is 0 Å². The summed E-state index contributed by atoms with van der Waals surface area (Å²) in [4.78, 5) is 24.5. The van der Waals surface area contributed by atoms with Gasteiger partial charge in [-0.15, -0.1) is 0 Å². The van der Waals surface area contributed by atoms with Gasteiger partial charge in [0.1, 0.15) is 6.10 Å². The van der Waals surface area contributed by atoms with E-state index in [0.717, 1.165) is 0 Å². The highest BCUT2D eigenvalue weighted by atomic mass is 35.5. The monoisotopic (exact) mass is 298 g/mol. The number of rotatable bonds is 2. The topological polar surface area (TPSA) is 54.4 Å². The van der Waals surface area contributed by atoms with Crippen LogP contribution in [0.1, 0.15) is 32.4 Å². The van der Waals surface area contributed by atoms with Crippen LogP contribution in [0.5, 0.6) is 0 Å². The Morgan fingerprint density at radius 3 is 2.19 bits per heavy atom. The summed E-state index contributed by atoms with van der Waals surface area (Å²) in [7, 11) is 0. The highest BCUT2D eigenvalue weighted by Gasteiger charge is 2.29. The van der Waals surface area contributed by atoms with E-state index in [1.54, 1.807) is 48.5 Å². The molecule has 1 atom stereocenters. The van der Waals surface area contributed by atoms with Crippen LogP contribution >= 0.6 is 11.6 Å². The van der Waals surface area contributed by atoms with Crippen molar-refractivity contribution in [1.29, 1.82) is 0 Å². The number of aliphatic hydroxyl groups is 1. The molecule has 0 fully saturated rings. The summed E-state index contributed by atoms with van der Waals surface area (Å²) in [5.41, 5.74) is 1.30. The van der Waals surface area contributed by atoms with Crippen LogP contribution in [0.2, 0.25) is 5.02 Å². The highest BCUT2D eigenvalue weighted by molar-refractivity contribution is 6.30. The maximum Gasteiger partial charge on any atom is 0.192 e. The standard InChI is InChI=1S/C17H11ClO3/c18-11-7-5-10(6-8-11)16(20)14-9-15(19)12-3-1-2-4-13(12)17(14)21/h1-9,16,20H. The van der Waals surface area contributed by atoms with E-state index in [1.807, 2.05) is 0 Å². The Bertz CT molecular complexity index is 760. The van der Waals surface area contributed by atoms with Gasteiger partial charge in [0, 0.05) is 21.7 Å². The van der Waals surface area contributed by atoms with Gasteiger partial charge in [-0.05, 0) is 23.8 Å². The third-order valence-corrected chi connectivity index (χ3v) is 3.72. The maximum absolute atomic E-state index is 12.4. The first-order chi connectivity index (χ1) is 10.1. The van der Waals surface area contributed by atoms with Gasteiger partial charge >= 0.3 is 0 Å². The minimum absolute atomic E-state index is 0.0843. The van der Waals surface area contributed by atoms with Gasteiger partial charge in [-0.1, -0.05) is 48.0 Å². The average molecular weight is 299 g/mol. The van der Waals surface area contributed by atoms with Crippen molar-refractivity contribution < 1.29 is 14.7 Å². The fourth-order valence-electron chi connectivity index (χ4n) is 2.36. The van der Waals surface area contributed by atoms with Gasteiger partial charge < -0.3 is 5.11 Å². The largest absolute Gasteiger partial charge is 0.384 e. The van der Waals surface area contributed by atoms with Crippen molar-refractivity contribution in [2.24, 2.45) is 0 Å². The molecule has 1 N–H and O–H groups in total. The summed E-state index contributed by atoms with van der Waals surface area (Å²) in [6.45, 7) is 0. The summed E-state index contributed by atoms with van der Waals surface area (Å²) < 4.78 is 0. The van der Waals surface area contributed by atoms with Crippen LogP contribution in [0.25, 0.3) is 0 Å². The SMILES string of the molecule is O=C1C=C(C(O)c2ccc(Cl)cc2)C(=O)c2ccccc21. The fraction of sp³-hybridized carbons (Fsp3) is 0.0588. The maximum atomic E-state index is 12.4. The van der Waals surface area contributed by atoms with Gasteiger partial charge in [0.15, 0.2) is 11.6 Å². The Balaban J connectivity index is 2.02. The van der Waals surface area contributed by atoms with Crippen LogP contribution < -0.4 is 0 Å². The summed E-state index contributed by atoms with van der Waals surface area (Å²) in [6, 6.07) is 13.1. The number of hydrogen-bond donors (Lipinski definition) is 1. The number of benzene rings is 2. The van der Waals surface area contributed by atoms with Crippen molar-refractivity contribution in [2.45, 2.75) is 6.10 Å². The lowest BCUT2D eigenvalue weighted by Crippen LogP contribution is -2.21. The van der Waals surface area contributed by atoms with Crippen molar-refractivity contribution in [3.63, 3.8) is 0 Å². The third-order valence-electron chi connectivity index (χ3n) is 3.47. The molecule has 0 heterocycles. The smallest absolute Gasteiger partial charge is 0.192 e. The van der Waals surface area contributed by atoms with Gasteiger partial charge in [0.2, 0.25) is 0 Å². The number of carbonyl (C=O) groups excluding carboxylic acids is 2. The zero-order valence-electron chi connectivity index (χ0n) is 10.9. The molecule has 21 heavy (non-hydrogen) atoms. The molecule has 0 radical (unpaired) electrons. The van der Waals surface area contributed by atoms with Crippen molar-refractivity contribution in [2.75, 3.05) is 0 Å². The Morgan fingerprint density at radius 1 is 0.905 bits per heavy atom. The predicted molar refractivity (Wildman–Crippen MR) is 79.6 cm³/mol. The fourth-order valence-corrected chi connectivity index (χ4v) is 2.49. The number of Topliss-reactive ketones (excluding diaryl/α,β-unsaturated/α-hetero) is 1. The van der Waals surface area contributed by atoms with Crippen molar-refractivity contribution in [3.05, 3.63) is 81.9 Å². The lowest BCUT2D eigenvalue weighted by molar-refractivity contribution is 0.0947. The quantitative estimate of drug-likeness (QED) is 0.924. The first-order valence-electron chi connectivity index (χ1n) is 6.41. The van der Waals surface area contributed by atoms with Crippen LogP contribution in [-0.2, 0) is 0 Å². The van der Waals surface area contributed by atoms with E-state index in [-0.39, 0.29) is 17.1 Å². The van der Waals surface area contributed by atoms with Crippen LogP contribution in [0.15, 0.2) is 60.2 Å². The summed E-state index contributed by atoms with van der Waals surface area (Å²) in [5, 5.41) is 10.9. The molecule has 0 bridgehead atoms. The van der Waals surface area contributed by atoms with E-state index in [4.69, 9.17) is 11.6 Å². The zero-order chi connectivity index (χ0) is 15.0. The predicted octanol–water partition coefficient (Wildman–Crippen LogP) is 3.38. The summed E-state index contributed by atoms with van der Waals surface area (Å²) in [5.74, 6) is -0.596. The molecule has 1 aliphatic rings. The first-order valence-corrected chi connectivity index (χ1v) is 6.79. The molecule has 1 unspecified atom stereocenters. The molecule has 0 amide bonds. The van der Waals surface area contributed by atoms with Crippen molar-refractivity contribution >= 4 is 23.2 Å². The van der Waals surface area contributed by atoms with Crippen molar-refractivity contribution in [1.82, 2.24) is 0 Å². The Labute approximate surface area is 126 Å². The second-order valence-electron chi connectivity index (χ2n) is 4.79. The zero-order valence-corrected chi connectivity index (χ0v) is 11.7. The third kappa shape index (κ3) is 2.42. The summed E-state index contributed by atoms with van der Waals surface area (Å²) in [6.07, 6.45) is 0.0660. The number of aliphatic hydroxyl groups excluding tert-OH is 1. The Hall–Kier alpha value is -2.23. The highest BCUT2D eigenvalue weighted by Crippen LogP contribution is 2.30.